The van der Waals surface area contributed by atoms with Crippen molar-refractivity contribution < 1.29 is 22.3 Å². The lowest BCUT2D eigenvalue weighted by Crippen LogP contribution is -2.49. The van der Waals surface area contributed by atoms with Crippen molar-refractivity contribution in [1.82, 2.24) is 4.90 Å². The number of amides is 1. The number of nitrogens with zero attached hydrogens (tertiary/aromatic N) is 3. The Morgan fingerprint density at radius 1 is 1.06 bits per heavy atom. The van der Waals surface area contributed by atoms with E-state index in [1.54, 1.807) is 23.1 Å². The maximum atomic E-state index is 14.4. The molecule has 1 aliphatic carbocycles. The van der Waals surface area contributed by atoms with Crippen LogP contribution >= 0.6 is 0 Å². The normalized spacial score (nSPS) is 17.3. The van der Waals surface area contributed by atoms with Gasteiger partial charge in [-0.15, -0.1) is 0 Å². The molecule has 0 bridgehead atoms. The lowest BCUT2D eigenvalue weighted by atomic mass is 9.97. The SMILES string of the molecule is CS(=O)(=O)c1ccc(OC2CCCCC2)c(C(=O)N2CCN(c3ccc(C#N)cc3F)CC2)c1. The second kappa shape index (κ2) is 10.0. The maximum absolute atomic E-state index is 14.4. The van der Waals surface area contributed by atoms with Gasteiger partial charge in [0.25, 0.3) is 5.91 Å². The summed E-state index contributed by atoms with van der Waals surface area (Å²) in [6.07, 6.45) is 6.27. The molecule has 1 saturated carbocycles. The average Bonchev–Trinajstić information content (AvgIpc) is 2.84. The molecule has 2 aromatic rings. The fraction of sp³-hybridized carbons (Fsp3) is 0.440. The molecule has 1 amide bonds. The van der Waals surface area contributed by atoms with E-state index >= 15 is 0 Å². The van der Waals surface area contributed by atoms with Gasteiger partial charge in [0.2, 0.25) is 0 Å². The van der Waals surface area contributed by atoms with Crippen LogP contribution in [0.15, 0.2) is 41.3 Å². The molecule has 4 rings (SSSR count). The van der Waals surface area contributed by atoms with Crippen LogP contribution in [-0.4, -0.2) is 57.8 Å². The average molecular weight is 486 g/mol. The van der Waals surface area contributed by atoms with Gasteiger partial charge >= 0.3 is 0 Å². The molecule has 34 heavy (non-hydrogen) atoms. The van der Waals surface area contributed by atoms with E-state index in [-0.39, 0.29) is 28.0 Å². The van der Waals surface area contributed by atoms with Crippen LogP contribution in [-0.2, 0) is 9.84 Å². The summed E-state index contributed by atoms with van der Waals surface area (Å²) in [6, 6.07) is 10.8. The maximum Gasteiger partial charge on any atom is 0.257 e. The van der Waals surface area contributed by atoms with Gasteiger partial charge in [-0.25, -0.2) is 12.8 Å². The number of piperazine rings is 1. The number of nitriles is 1. The van der Waals surface area contributed by atoms with E-state index in [2.05, 4.69) is 0 Å². The van der Waals surface area contributed by atoms with Crippen LogP contribution in [0.25, 0.3) is 0 Å². The van der Waals surface area contributed by atoms with Crippen LogP contribution in [0.2, 0.25) is 0 Å². The summed E-state index contributed by atoms with van der Waals surface area (Å²) >= 11 is 0. The van der Waals surface area contributed by atoms with Gasteiger partial charge in [-0.2, -0.15) is 5.26 Å². The first kappa shape index (κ1) is 24.0. The summed E-state index contributed by atoms with van der Waals surface area (Å²) in [5.41, 5.74) is 0.893. The molecule has 0 aromatic heterocycles. The van der Waals surface area contributed by atoms with Crippen molar-refractivity contribution in [2.24, 2.45) is 0 Å². The van der Waals surface area contributed by atoms with Gasteiger partial charge in [0.05, 0.1) is 33.9 Å². The van der Waals surface area contributed by atoms with Crippen molar-refractivity contribution in [2.75, 3.05) is 37.3 Å². The van der Waals surface area contributed by atoms with Crippen molar-refractivity contribution in [3.8, 4) is 11.8 Å². The number of rotatable bonds is 5. The van der Waals surface area contributed by atoms with E-state index in [0.717, 1.165) is 31.9 Å². The van der Waals surface area contributed by atoms with Crippen molar-refractivity contribution in [1.29, 1.82) is 5.26 Å². The number of carbonyl (C=O) groups is 1. The van der Waals surface area contributed by atoms with E-state index in [4.69, 9.17) is 10.00 Å². The molecular weight excluding hydrogens is 457 g/mol. The van der Waals surface area contributed by atoms with E-state index in [9.17, 15) is 17.6 Å². The van der Waals surface area contributed by atoms with Gasteiger partial charge < -0.3 is 14.5 Å². The topological polar surface area (TPSA) is 90.7 Å². The molecule has 1 saturated heterocycles. The smallest absolute Gasteiger partial charge is 0.257 e. The lowest BCUT2D eigenvalue weighted by Gasteiger charge is -2.36. The second-order valence-corrected chi connectivity index (χ2v) is 10.9. The number of ether oxygens (including phenoxy) is 1. The summed E-state index contributed by atoms with van der Waals surface area (Å²) in [6.45, 7) is 1.53. The number of benzene rings is 2. The number of halogens is 1. The predicted octanol–water partition coefficient (Wildman–Crippen LogP) is 3.77. The van der Waals surface area contributed by atoms with E-state index in [1.165, 1.54) is 24.6 Å². The summed E-state index contributed by atoms with van der Waals surface area (Å²) in [4.78, 5) is 17.0. The van der Waals surface area contributed by atoms with Crippen LogP contribution in [0, 0.1) is 17.1 Å². The number of anilines is 1. The van der Waals surface area contributed by atoms with Crippen LogP contribution in [0.1, 0.15) is 48.0 Å². The van der Waals surface area contributed by atoms with Crippen LogP contribution in [0.5, 0.6) is 5.75 Å². The third-order valence-electron chi connectivity index (χ3n) is 6.44. The Balaban J connectivity index is 1.53. The number of hydrogen-bond donors (Lipinski definition) is 0. The minimum Gasteiger partial charge on any atom is -0.490 e. The standard InChI is InChI=1S/C25H28FN3O4S/c1-34(31,32)20-8-10-24(33-19-5-3-2-4-6-19)21(16-20)25(30)29-13-11-28(12-14-29)23-9-7-18(17-27)15-22(23)26/h7-10,15-16,19H,2-6,11-14H2,1H3. The lowest BCUT2D eigenvalue weighted by molar-refractivity contribution is 0.0735. The van der Waals surface area contributed by atoms with Crippen LogP contribution in [0.3, 0.4) is 0 Å². The molecule has 7 nitrogen and oxygen atoms in total. The van der Waals surface area contributed by atoms with Crippen molar-refractivity contribution in [3.63, 3.8) is 0 Å². The zero-order valence-electron chi connectivity index (χ0n) is 19.2. The fourth-order valence-electron chi connectivity index (χ4n) is 4.53. The van der Waals surface area contributed by atoms with Gasteiger partial charge in [-0.05, 0) is 62.1 Å². The number of sulfone groups is 1. The quantitative estimate of drug-likeness (QED) is 0.640. The summed E-state index contributed by atoms with van der Waals surface area (Å²) in [7, 11) is -3.49. The third kappa shape index (κ3) is 5.33. The Morgan fingerprint density at radius 2 is 1.76 bits per heavy atom. The highest BCUT2D eigenvalue weighted by atomic mass is 32.2. The van der Waals surface area contributed by atoms with Crippen molar-refractivity contribution in [2.45, 2.75) is 43.1 Å². The highest BCUT2D eigenvalue weighted by Gasteiger charge is 2.28. The molecular formula is C25H28FN3O4S. The first-order valence-corrected chi connectivity index (χ1v) is 13.4. The minimum atomic E-state index is -3.49. The van der Waals surface area contributed by atoms with Crippen molar-refractivity contribution in [3.05, 3.63) is 53.3 Å². The summed E-state index contributed by atoms with van der Waals surface area (Å²) < 4.78 is 44.9. The molecule has 180 valence electrons. The summed E-state index contributed by atoms with van der Waals surface area (Å²) in [5, 5.41) is 8.94. The molecule has 9 heteroatoms. The first-order chi connectivity index (χ1) is 16.3. The largest absolute Gasteiger partial charge is 0.490 e. The third-order valence-corrected chi connectivity index (χ3v) is 7.55. The minimum absolute atomic E-state index is 0.0144. The molecule has 2 aliphatic rings. The van der Waals surface area contributed by atoms with Crippen molar-refractivity contribution >= 4 is 21.4 Å². The van der Waals surface area contributed by atoms with Gasteiger partial charge in [0, 0.05) is 32.4 Å². The molecule has 0 spiro atoms. The molecule has 0 atom stereocenters. The molecule has 1 aliphatic heterocycles. The van der Waals surface area contributed by atoms with Crippen LogP contribution in [0.4, 0.5) is 10.1 Å². The Hall–Kier alpha value is -3.12. The Bertz CT molecular complexity index is 1210. The highest BCUT2D eigenvalue weighted by molar-refractivity contribution is 7.90. The molecule has 0 radical (unpaired) electrons. The Labute approximate surface area is 199 Å². The molecule has 1 heterocycles. The summed E-state index contributed by atoms with van der Waals surface area (Å²) in [5.74, 6) is -0.357. The monoisotopic (exact) mass is 485 g/mol. The van der Waals surface area contributed by atoms with Gasteiger partial charge in [-0.1, -0.05) is 6.42 Å². The molecule has 0 unspecified atom stereocenters. The first-order valence-electron chi connectivity index (χ1n) is 11.5. The zero-order chi connectivity index (χ0) is 24.3. The zero-order valence-corrected chi connectivity index (χ0v) is 20.0. The van der Waals surface area contributed by atoms with Crippen LogP contribution < -0.4 is 9.64 Å². The van der Waals surface area contributed by atoms with Gasteiger partial charge in [0.15, 0.2) is 9.84 Å². The Morgan fingerprint density at radius 3 is 2.38 bits per heavy atom. The molecule has 0 N–H and O–H groups in total. The molecule has 2 fully saturated rings. The van der Waals surface area contributed by atoms with Gasteiger partial charge in [-0.3, -0.25) is 4.79 Å². The van der Waals surface area contributed by atoms with E-state index < -0.39 is 15.7 Å². The predicted molar refractivity (Wildman–Crippen MR) is 126 cm³/mol. The fourth-order valence-corrected chi connectivity index (χ4v) is 5.17. The van der Waals surface area contributed by atoms with Gasteiger partial charge in [0.1, 0.15) is 11.6 Å². The number of hydrogen-bond acceptors (Lipinski definition) is 6. The van der Waals surface area contributed by atoms with E-state index in [1.807, 2.05) is 11.0 Å². The Kier molecular flexibility index (Phi) is 7.08. The number of carbonyl (C=O) groups excluding carboxylic acids is 1. The molecule has 2 aromatic carbocycles. The highest BCUT2D eigenvalue weighted by Crippen LogP contribution is 2.30. The second-order valence-electron chi connectivity index (χ2n) is 8.87. The van der Waals surface area contributed by atoms with E-state index in [0.29, 0.717) is 37.6 Å².